The molecule has 0 amide bonds. The number of halogens is 1. The van der Waals surface area contributed by atoms with Crippen LogP contribution in [0, 0.1) is 17.7 Å². The summed E-state index contributed by atoms with van der Waals surface area (Å²) in [7, 11) is -3.25. The predicted molar refractivity (Wildman–Crippen MR) is 99.4 cm³/mol. The summed E-state index contributed by atoms with van der Waals surface area (Å²) in [5.41, 5.74) is 2.76. The molecule has 0 spiro atoms. The topological polar surface area (TPSA) is 78.1 Å². The Morgan fingerprint density at radius 2 is 2.00 bits per heavy atom. The van der Waals surface area contributed by atoms with Gasteiger partial charge in [-0.2, -0.15) is 5.10 Å². The molecule has 1 aromatic heterocycles. The van der Waals surface area contributed by atoms with E-state index in [9.17, 15) is 12.8 Å². The number of aromatic nitrogens is 2. The molecule has 0 radical (unpaired) electrons. The fourth-order valence-electron chi connectivity index (χ4n) is 3.66. The average molecular weight is 380 g/mol. The molecular weight excluding hydrogens is 355 g/mol. The third-order valence-electron chi connectivity index (χ3n) is 4.91. The minimum absolute atomic E-state index is 0.0915. The Hall–Kier alpha value is -1.77. The third kappa shape index (κ3) is 4.49. The van der Waals surface area contributed by atoms with Crippen LogP contribution in [0.4, 0.5) is 4.39 Å². The molecule has 0 saturated carbocycles. The Bertz CT molecular complexity index is 848. The maximum atomic E-state index is 13.2. The lowest BCUT2D eigenvalue weighted by Crippen LogP contribution is -2.41. The van der Waals surface area contributed by atoms with Crippen molar-refractivity contribution in [1.82, 2.24) is 19.8 Å². The molecule has 1 aromatic carbocycles. The van der Waals surface area contributed by atoms with E-state index >= 15 is 0 Å². The predicted octanol–water partition coefficient (Wildman–Crippen LogP) is 2.22. The first-order valence-electron chi connectivity index (χ1n) is 8.71. The van der Waals surface area contributed by atoms with Crippen molar-refractivity contribution < 1.29 is 12.8 Å². The lowest BCUT2D eigenvalue weighted by atomic mass is 9.92. The maximum absolute atomic E-state index is 13.2. The van der Waals surface area contributed by atoms with Crippen LogP contribution in [0.5, 0.6) is 0 Å². The quantitative estimate of drug-likeness (QED) is 0.806. The molecule has 2 N–H and O–H groups in total. The van der Waals surface area contributed by atoms with Crippen LogP contribution in [-0.4, -0.2) is 48.9 Å². The van der Waals surface area contributed by atoms with E-state index < -0.39 is 10.0 Å². The summed E-state index contributed by atoms with van der Waals surface area (Å²) in [6.07, 6.45) is 2.98. The van der Waals surface area contributed by atoms with Gasteiger partial charge in [0, 0.05) is 36.8 Å². The number of H-pyrrole nitrogens is 1. The SMILES string of the molecule is CC(C)[C@@H]1CN(Cc2cn[nH]c2-c2ccc(F)cc2)C[C@H]1NS(C)(=O)=O. The zero-order valence-electron chi connectivity index (χ0n) is 15.2. The first-order chi connectivity index (χ1) is 12.2. The molecule has 0 aliphatic carbocycles. The van der Waals surface area contributed by atoms with Crippen LogP contribution in [-0.2, 0) is 16.6 Å². The molecule has 0 bridgehead atoms. The van der Waals surface area contributed by atoms with Gasteiger partial charge in [0.1, 0.15) is 5.82 Å². The summed E-state index contributed by atoms with van der Waals surface area (Å²) in [6.45, 7) is 6.37. The summed E-state index contributed by atoms with van der Waals surface area (Å²) >= 11 is 0. The summed E-state index contributed by atoms with van der Waals surface area (Å²) in [5.74, 6) is 0.356. The van der Waals surface area contributed by atoms with E-state index in [1.165, 1.54) is 18.4 Å². The van der Waals surface area contributed by atoms with E-state index in [0.717, 1.165) is 23.4 Å². The van der Waals surface area contributed by atoms with Gasteiger partial charge in [0.15, 0.2) is 0 Å². The number of benzene rings is 1. The summed E-state index contributed by atoms with van der Waals surface area (Å²) in [4.78, 5) is 2.24. The molecule has 142 valence electrons. The van der Waals surface area contributed by atoms with Gasteiger partial charge < -0.3 is 0 Å². The highest BCUT2D eigenvalue weighted by molar-refractivity contribution is 7.88. The van der Waals surface area contributed by atoms with Gasteiger partial charge in [0.05, 0.1) is 18.1 Å². The Kier molecular flexibility index (Phi) is 5.45. The van der Waals surface area contributed by atoms with E-state index in [1.54, 1.807) is 18.3 Å². The van der Waals surface area contributed by atoms with E-state index in [4.69, 9.17) is 0 Å². The smallest absolute Gasteiger partial charge is 0.209 e. The van der Waals surface area contributed by atoms with Gasteiger partial charge in [-0.15, -0.1) is 0 Å². The van der Waals surface area contributed by atoms with Crippen LogP contribution in [0.2, 0.25) is 0 Å². The van der Waals surface area contributed by atoms with Crippen LogP contribution in [0.25, 0.3) is 11.3 Å². The van der Waals surface area contributed by atoms with E-state index in [0.29, 0.717) is 19.0 Å². The molecule has 1 aliphatic rings. The first-order valence-corrected chi connectivity index (χ1v) is 10.6. The van der Waals surface area contributed by atoms with Crippen molar-refractivity contribution in [2.45, 2.75) is 26.4 Å². The fourth-order valence-corrected chi connectivity index (χ4v) is 4.46. The number of rotatable bonds is 6. The van der Waals surface area contributed by atoms with Crippen molar-refractivity contribution in [3.8, 4) is 11.3 Å². The zero-order chi connectivity index (χ0) is 18.9. The highest BCUT2D eigenvalue weighted by Gasteiger charge is 2.36. The molecule has 26 heavy (non-hydrogen) atoms. The van der Waals surface area contributed by atoms with Gasteiger partial charge in [0.2, 0.25) is 10.0 Å². The van der Waals surface area contributed by atoms with Crippen molar-refractivity contribution in [2.75, 3.05) is 19.3 Å². The molecule has 8 heteroatoms. The van der Waals surface area contributed by atoms with Crippen LogP contribution in [0.1, 0.15) is 19.4 Å². The maximum Gasteiger partial charge on any atom is 0.209 e. The van der Waals surface area contributed by atoms with Crippen molar-refractivity contribution in [2.24, 2.45) is 11.8 Å². The van der Waals surface area contributed by atoms with Crippen LogP contribution in [0.3, 0.4) is 0 Å². The third-order valence-corrected chi connectivity index (χ3v) is 5.64. The number of sulfonamides is 1. The number of aromatic amines is 1. The second kappa shape index (κ2) is 7.46. The van der Waals surface area contributed by atoms with Crippen LogP contribution >= 0.6 is 0 Å². The van der Waals surface area contributed by atoms with Gasteiger partial charge in [0.25, 0.3) is 0 Å². The van der Waals surface area contributed by atoms with Crippen LogP contribution < -0.4 is 4.72 Å². The number of hydrogen-bond donors (Lipinski definition) is 2. The van der Waals surface area contributed by atoms with E-state index in [2.05, 4.69) is 33.7 Å². The first kappa shape index (κ1) is 19.0. The van der Waals surface area contributed by atoms with E-state index in [-0.39, 0.29) is 17.8 Å². The highest BCUT2D eigenvalue weighted by atomic mass is 32.2. The average Bonchev–Trinajstić information content (AvgIpc) is 3.14. The minimum Gasteiger partial charge on any atom is -0.297 e. The van der Waals surface area contributed by atoms with Crippen molar-refractivity contribution >= 4 is 10.0 Å². The normalized spacial score (nSPS) is 21.6. The lowest BCUT2D eigenvalue weighted by molar-refractivity contribution is 0.296. The molecule has 2 aromatic rings. The van der Waals surface area contributed by atoms with Crippen molar-refractivity contribution in [3.63, 3.8) is 0 Å². The molecule has 3 rings (SSSR count). The Balaban J connectivity index is 1.76. The van der Waals surface area contributed by atoms with Gasteiger partial charge >= 0.3 is 0 Å². The summed E-state index contributed by atoms with van der Waals surface area (Å²) in [5, 5.41) is 7.13. The fraction of sp³-hybridized carbons (Fsp3) is 0.500. The molecule has 6 nitrogen and oxygen atoms in total. The van der Waals surface area contributed by atoms with Gasteiger partial charge in [-0.25, -0.2) is 17.5 Å². The van der Waals surface area contributed by atoms with Gasteiger partial charge in [-0.3, -0.25) is 10.00 Å². The minimum atomic E-state index is -3.25. The Morgan fingerprint density at radius 1 is 1.31 bits per heavy atom. The molecule has 0 unspecified atom stereocenters. The summed E-state index contributed by atoms with van der Waals surface area (Å²) < 4.78 is 39.3. The van der Waals surface area contributed by atoms with Crippen molar-refractivity contribution in [3.05, 3.63) is 41.8 Å². The molecule has 1 fully saturated rings. The molecule has 2 heterocycles. The van der Waals surface area contributed by atoms with Gasteiger partial charge in [-0.05, 0) is 36.1 Å². The molecule has 2 atom stereocenters. The Labute approximate surface area is 153 Å². The number of hydrogen-bond acceptors (Lipinski definition) is 4. The lowest BCUT2D eigenvalue weighted by Gasteiger charge is -2.21. The highest BCUT2D eigenvalue weighted by Crippen LogP contribution is 2.28. The molecular formula is C18H25FN4O2S. The van der Waals surface area contributed by atoms with Crippen LogP contribution in [0.15, 0.2) is 30.5 Å². The standard InChI is InChI=1S/C18H25FN4O2S/c1-12(2)16-10-23(11-17(16)22-26(3,24)25)9-14-8-20-21-18(14)13-4-6-15(19)7-5-13/h4-8,12,16-17,22H,9-11H2,1-3H3,(H,20,21)/t16-,17+/m0/s1. The Morgan fingerprint density at radius 3 is 2.62 bits per heavy atom. The molecule has 1 saturated heterocycles. The van der Waals surface area contributed by atoms with E-state index in [1.807, 2.05) is 0 Å². The number of nitrogens with one attached hydrogen (secondary N) is 2. The monoisotopic (exact) mass is 380 g/mol. The second-order valence-corrected chi connectivity index (χ2v) is 9.16. The zero-order valence-corrected chi connectivity index (χ0v) is 16.1. The largest absolute Gasteiger partial charge is 0.297 e. The molecule has 1 aliphatic heterocycles. The number of likely N-dealkylation sites (tertiary alicyclic amines) is 1. The number of nitrogens with zero attached hydrogens (tertiary/aromatic N) is 2. The summed E-state index contributed by atoms with van der Waals surface area (Å²) in [6, 6.07) is 6.21. The van der Waals surface area contributed by atoms with Crippen molar-refractivity contribution in [1.29, 1.82) is 0 Å². The second-order valence-electron chi connectivity index (χ2n) is 7.38. The van der Waals surface area contributed by atoms with Gasteiger partial charge in [-0.1, -0.05) is 13.8 Å².